The van der Waals surface area contributed by atoms with Crippen LogP contribution >= 0.6 is 0 Å². The molecule has 1 aromatic carbocycles. The number of rotatable bonds is 5. The van der Waals surface area contributed by atoms with Gasteiger partial charge in [-0.05, 0) is 51.0 Å². The minimum Gasteiger partial charge on any atom is -0.341 e. The number of carbonyl (C=O) groups excluding carboxylic acids is 3. The molecule has 2 saturated heterocycles. The molecule has 6 nitrogen and oxygen atoms in total. The first-order valence-electron chi connectivity index (χ1n) is 11.3. The molecule has 0 bridgehead atoms. The van der Waals surface area contributed by atoms with Crippen LogP contribution < -0.4 is 0 Å². The Morgan fingerprint density at radius 1 is 0.967 bits per heavy atom. The summed E-state index contributed by atoms with van der Waals surface area (Å²) in [6, 6.07) is 7.69. The van der Waals surface area contributed by atoms with Crippen molar-refractivity contribution in [2.45, 2.75) is 64.5 Å². The van der Waals surface area contributed by atoms with Gasteiger partial charge in [-0.25, -0.2) is 0 Å². The van der Waals surface area contributed by atoms with E-state index in [1.807, 2.05) is 33.7 Å². The van der Waals surface area contributed by atoms with Gasteiger partial charge in [0.1, 0.15) is 6.54 Å². The van der Waals surface area contributed by atoms with E-state index in [4.69, 9.17) is 0 Å². The SMILES string of the molecule is CC[C@H]1CCCCN1C(=O)C(=O)c1cn(CC(=O)N2CCCCC2)c2ccccc12. The predicted molar refractivity (Wildman–Crippen MR) is 116 cm³/mol. The summed E-state index contributed by atoms with van der Waals surface area (Å²) in [6.45, 7) is 4.52. The van der Waals surface area contributed by atoms with Crippen LogP contribution in [-0.2, 0) is 16.1 Å². The number of aromatic nitrogens is 1. The number of nitrogens with zero attached hydrogens (tertiary/aromatic N) is 3. The Bertz CT molecular complexity index is 942. The van der Waals surface area contributed by atoms with Crippen molar-refractivity contribution in [1.29, 1.82) is 0 Å². The first-order valence-corrected chi connectivity index (χ1v) is 11.3. The molecule has 2 aromatic rings. The van der Waals surface area contributed by atoms with Crippen molar-refractivity contribution in [3.63, 3.8) is 0 Å². The van der Waals surface area contributed by atoms with Crippen LogP contribution in [0.3, 0.4) is 0 Å². The Labute approximate surface area is 177 Å². The van der Waals surface area contributed by atoms with E-state index < -0.39 is 11.7 Å². The first kappa shape index (κ1) is 20.6. The number of para-hydroxylation sites is 1. The Hall–Kier alpha value is -2.63. The minimum absolute atomic E-state index is 0.0721. The number of ketones is 1. The van der Waals surface area contributed by atoms with E-state index in [1.165, 1.54) is 6.42 Å². The molecule has 1 aromatic heterocycles. The van der Waals surface area contributed by atoms with E-state index in [9.17, 15) is 14.4 Å². The summed E-state index contributed by atoms with van der Waals surface area (Å²) in [5, 5.41) is 0.743. The maximum Gasteiger partial charge on any atom is 0.295 e. The number of hydrogen-bond acceptors (Lipinski definition) is 3. The van der Waals surface area contributed by atoms with Gasteiger partial charge in [-0.1, -0.05) is 25.1 Å². The van der Waals surface area contributed by atoms with Gasteiger partial charge in [0, 0.05) is 42.8 Å². The fourth-order valence-corrected chi connectivity index (χ4v) is 4.89. The molecule has 2 aliphatic heterocycles. The number of amides is 2. The van der Waals surface area contributed by atoms with Gasteiger partial charge in [-0.2, -0.15) is 0 Å². The molecule has 3 heterocycles. The van der Waals surface area contributed by atoms with Crippen LogP contribution in [0.15, 0.2) is 30.5 Å². The molecule has 30 heavy (non-hydrogen) atoms. The Balaban J connectivity index is 1.60. The quantitative estimate of drug-likeness (QED) is 0.560. The maximum atomic E-state index is 13.2. The fourth-order valence-electron chi connectivity index (χ4n) is 4.89. The highest BCUT2D eigenvalue weighted by Crippen LogP contribution is 2.25. The van der Waals surface area contributed by atoms with E-state index in [-0.39, 0.29) is 18.5 Å². The summed E-state index contributed by atoms with van der Waals surface area (Å²) >= 11 is 0. The number of likely N-dealkylation sites (tertiary alicyclic amines) is 2. The zero-order chi connectivity index (χ0) is 21.1. The first-order chi connectivity index (χ1) is 14.6. The standard InChI is InChI=1S/C24H31N3O3/c1-2-18-10-6-9-15-27(18)24(30)23(29)20-16-26(21-12-5-4-11-19(20)21)17-22(28)25-13-7-3-8-14-25/h4-5,11-12,16,18H,2-3,6-10,13-15,17H2,1H3/t18-/m0/s1. The van der Waals surface area contributed by atoms with Crippen molar-refractivity contribution >= 4 is 28.5 Å². The Morgan fingerprint density at radius 3 is 2.47 bits per heavy atom. The molecular weight excluding hydrogens is 378 g/mol. The summed E-state index contributed by atoms with van der Waals surface area (Å²) in [7, 11) is 0. The summed E-state index contributed by atoms with van der Waals surface area (Å²) in [5.41, 5.74) is 1.23. The normalized spacial score (nSPS) is 19.8. The lowest BCUT2D eigenvalue weighted by molar-refractivity contribution is -0.132. The molecule has 2 amide bonds. The van der Waals surface area contributed by atoms with Crippen molar-refractivity contribution in [2.75, 3.05) is 19.6 Å². The van der Waals surface area contributed by atoms with Crippen LogP contribution in [-0.4, -0.2) is 57.6 Å². The molecule has 0 radical (unpaired) electrons. The second-order valence-corrected chi connectivity index (χ2v) is 8.51. The highest BCUT2D eigenvalue weighted by molar-refractivity contribution is 6.45. The lowest BCUT2D eigenvalue weighted by Gasteiger charge is -2.34. The number of hydrogen-bond donors (Lipinski definition) is 0. The highest BCUT2D eigenvalue weighted by Gasteiger charge is 2.32. The molecule has 6 heteroatoms. The van der Waals surface area contributed by atoms with Crippen LogP contribution in [0.5, 0.6) is 0 Å². The molecule has 1 atom stereocenters. The zero-order valence-electron chi connectivity index (χ0n) is 17.8. The number of fused-ring (bicyclic) bond motifs is 1. The van der Waals surface area contributed by atoms with Crippen molar-refractivity contribution in [3.8, 4) is 0 Å². The van der Waals surface area contributed by atoms with Crippen molar-refractivity contribution in [2.24, 2.45) is 0 Å². The van der Waals surface area contributed by atoms with Gasteiger partial charge in [0.05, 0.1) is 5.56 Å². The van der Waals surface area contributed by atoms with Crippen molar-refractivity contribution in [3.05, 3.63) is 36.0 Å². The minimum atomic E-state index is -0.462. The summed E-state index contributed by atoms with van der Waals surface area (Å²) in [6.07, 6.45) is 8.85. The van der Waals surface area contributed by atoms with Gasteiger partial charge < -0.3 is 14.4 Å². The lowest BCUT2D eigenvalue weighted by Crippen LogP contribution is -2.46. The summed E-state index contributed by atoms with van der Waals surface area (Å²) in [4.78, 5) is 42.8. The summed E-state index contributed by atoms with van der Waals surface area (Å²) < 4.78 is 1.83. The molecule has 2 fully saturated rings. The molecule has 0 N–H and O–H groups in total. The molecule has 2 aliphatic rings. The third-order valence-electron chi connectivity index (χ3n) is 6.60. The third kappa shape index (κ3) is 4.00. The van der Waals surface area contributed by atoms with Crippen LogP contribution in [0.4, 0.5) is 0 Å². The molecule has 0 unspecified atom stereocenters. The van der Waals surface area contributed by atoms with E-state index in [0.717, 1.165) is 62.5 Å². The van der Waals surface area contributed by atoms with Crippen LogP contribution in [0.25, 0.3) is 10.9 Å². The Morgan fingerprint density at radius 2 is 1.70 bits per heavy atom. The third-order valence-corrected chi connectivity index (χ3v) is 6.60. The highest BCUT2D eigenvalue weighted by atomic mass is 16.2. The summed E-state index contributed by atoms with van der Waals surface area (Å²) in [5.74, 6) is -0.801. The average Bonchev–Trinajstić information content (AvgIpc) is 3.17. The van der Waals surface area contributed by atoms with Gasteiger partial charge in [-0.15, -0.1) is 0 Å². The van der Waals surface area contributed by atoms with Crippen molar-refractivity contribution < 1.29 is 14.4 Å². The lowest BCUT2D eigenvalue weighted by atomic mass is 9.98. The van der Waals surface area contributed by atoms with Crippen molar-refractivity contribution in [1.82, 2.24) is 14.4 Å². The van der Waals surface area contributed by atoms with E-state index in [2.05, 4.69) is 6.92 Å². The number of Topliss-reactive ketones (excluding diaryl/α,β-unsaturated/α-hetero) is 1. The topological polar surface area (TPSA) is 62.6 Å². The number of carbonyl (C=O) groups is 3. The zero-order valence-corrected chi connectivity index (χ0v) is 17.8. The molecule has 160 valence electrons. The molecule has 0 aliphatic carbocycles. The molecule has 4 rings (SSSR count). The fraction of sp³-hybridized carbons (Fsp3) is 0.542. The van der Waals surface area contributed by atoms with Gasteiger partial charge >= 0.3 is 0 Å². The van der Waals surface area contributed by atoms with Crippen LogP contribution in [0.1, 0.15) is 62.2 Å². The molecule has 0 saturated carbocycles. The van der Waals surface area contributed by atoms with Crippen LogP contribution in [0.2, 0.25) is 0 Å². The van der Waals surface area contributed by atoms with Gasteiger partial charge in [0.25, 0.3) is 11.7 Å². The average molecular weight is 410 g/mol. The largest absolute Gasteiger partial charge is 0.341 e. The van der Waals surface area contributed by atoms with E-state index >= 15 is 0 Å². The number of benzene rings is 1. The van der Waals surface area contributed by atoms with Crippen LogP contribution in [0, 0.1) is 0 Å². The van der Waals surface area contributed by atoms with Gasteiger partial charge in [0.2, 0.25) is 5.91 Å². The Kier molecular flexibility index (Phi) is 6.21. The van der Waals surface area contributed by atoms with E-state index in [1.54, 1.807) is 11.1 Å². The smallest absolute Gasteiger partial charge is 0.295 e. The molecule has 0 spiro atoms. The number of piperidine rings is 2. The second kappa shape index (κ2) is 9.02. The van der Waals surface area contributed by atoms with Gasteiger partial charge in [0.15, 0.2) is 0 Å². The molecular formula is C24H31N3O3. The maximum absolute atomic E-state index is 13.2. The van der Waals surface area contributed by atoms with Gasteiger partial charge in [-0.3, -0.25) is 14.4 Å². The monoisotopic (exact) mass is 409 g/mol. The predicted octanol–water partition coefficient (Wildman–Crippen LogP) is 3.63. The second-order valence-electron chi connectivity index (χ2n) is 8.51. The van der Waals surface area contributed by atoms with E-state index in [0.29, 0.717) is 12.1 Å².